The van der Waals surface area contributed by atoms with E-state index in [1.165, 1.54) is 38.5 Å². The highest BCUT2D eigenvalue weighted by molar-refractivity contribution is 7.80. The molecule has 0 radical (unpaired) electrons. The van der Waals surface area contributed by atoms with E-state index in [0.29, 0.717) is 11.0 Å². The van der Waals surface area contributed by atoms with Gasteiger partial charge in [-0.05, 0) is 32.8 Å². The van der Waals surface area contributed by atoms with Crippen LogP contribution in [0.1, 0.15) is 55.5 Å². The van der Waals surface area contributed by atoms with Crippen LogP contribution in [-0.2, 0) is 0 Å². The van der Waals surface area contributed by atoms with Gasteiger partial charge >= 0.3 is 0 Å². The molecule has 0 bridgehead atoms. The van der Waals surface area contributed by atoms with Crippen molar-refractivity contribution in [2.24, 2.45) is 5.73 Å². The van der Waals surface area contributed by atoms with E-state index in [-0.39, 0.29) is 0 Å². The van der Waals surface area contributed by atoms with Gasteiger partial charge in [-0.25, -0.2) is 0 Å². The van der Waals surface area contributed by atoms with Crippen LogP contribution >= 0.6 is 12.2 Å². The summed E-state index contributed by atoms with van der Waals surface area (Å²) >= 11 is 5.17. The molecule has 1 fully saturated rings. The third-order valence-corrected chi connectivity index (χ3v) is 3.99. The first-order valence-electron chi connectivity index (χ1n) is 7.12. The molecule has 0 atom stereocenters. The van der Waals surface area contributed by atoms with Gasteiger partial charge in [0.2, 0.25) is 0 Å². The van der Waals surface area contributed by atoms with Crippen LogP contribution in [0.4, 0.5) is 5.69 Å². The summed E-state index contributed by atoms with van der Waals surface area (Å²) in [5.74, 6) is 0. The highest BCUT2D eigenvalue weighted by Gasteiger charge is 2.16. The van der Waals surface area contributed by atoms with Crippen LogP contribution in [0.15, 0.2) is 6.07 Å². The third kappa shape index (κ3) is 3.66. The Bertz CT molecular complexity index is 463. The van der Waals surface area contributed by atoms with Gasteiger partial charge in [0, 0.05) is 23.1 Å². The highest BCUT2D eigenvalue weighted by atomic mass is 32.1. The first-order chi connectivity index (χ1) is 9.08. The minimum Gasteiger partial charge on any atom is -0.389 e. The maximum absolute atomic E-state index is 5.85. The maximum Gasteiger partial charge on any atom is 0.107 e. The number of nitrogens with two attached hydrogens (primary N) is 1. The third-order valence-electron chi connectivity index (χ3n) is 3.79. The highest BCUT2D eigenvalue weighted by Crippen LogP contribution is 2.25. The summed E-state index contributed by atoms with van der Waals surface area (Å²) in [7, 11) is 0. The van der Waals surface area contributed by atoms with E-state index in [1.54, 1.807) is 0 Å². The number of aryl methyl sites for hydroxylation is 2. The number of thiocarbonyl (C=S) groups is 1. The monoisotopic (exact) mass is 277 g/mol. The van der Waals surface area contributed by atoms with Gasteiger partial charge in [0.05, 0.1) is 5.56 Å². The molecule has 0 aliphatic heterocycles. The smallest absolute Gasteiger partial charge is 0.107 e. The van der Waals surface area contributed by atoms with E-state index in [1.807, 2.05) is 13.8 Å². The zero-order valence-electron chi connectivity index (χ0n) is 11.8. The van der Waals surface area contributed by atoms with Crippen molar-refractivity contribution in [3.05, 3.63) is 23.0 Å². The summed E-state index contributed by atoms with van der Waals surface area (Å²) in [5.41, 5.74) is 9.75. The Morgan fingerprint density at radius 3 is 2.47 bits per heavy atom. The first kappa shape index (κ1) is 14.3. The van der Waals surface area contributed by atoms with Crippen LogP contribution in [-0.4, -0.2) is 16.0 Å². The molecule has 0 aromatic carbocycles. The van der Waals surface area contributed by atoms with Crippen molar-refractivity contribution in [2.45, 2.75) is 58.4 Å². The average molecular weight is 277 g/mol. The van der Waals surface area contributed by atoms with Crippen molar-refractivity contribution in [3.63, 3.8) is 0 Å². The Balaban J connectivity index is 2.24. The van der Waals surface area contributed by atoms with E-state index in [2.05, 4.69) is 16.4 Å². The second-order valence-electron chi connectivity index (χ2n) is 5.47. The van der Waals surface area contributed by atoms with Crippen molar-refractivity contribution in [3.8, 4) is 0 Å². The number of anilines is 1. The van der Waals surface area contributed by atoms with Crippen LogP contribution in [0.2, 0.25) is 0 Å². The molecule has 104 valence electrons. The fraction of sp³-hybridized carbons (Fsp3) is 0.600. The van der Waals surface area contributed by atoms with Crippen LogP contribution in [0.3, 0.4) is 0 Å². The summed E-state index contributed by atoms with van der Waals surface area (Å²) in [4.78, 5) is 4.89. The van der Waals surface area contributed by atoms with Crippen molar-refractivity contribution in [1.29, 1.82) is 0 Å². The number of aromatic nitrogens is 1. The van der Waals surface area contributed by atoms with Gasteiger partial charge < -0.3 is 11.1 Å². The molecule has 1 aromatic heterocycles. The molecule has 1 aliphatic carbocycles. The molecule has 3 N–H and O–H groups in total. The fourth-order valence-electron chi connectivity index (χ4n) is 2.90. The Hall–Kier alpha value is -1.16. The van der Waals surface area contributed by atoms with Gasteiger partial charge in [-0.15, -0.1) is 0 Å². The van der Waals surface area contributed by atoms with Crippen LogP contribution in [0, 0.1) is 13.8 Å². The van der Waals surface area contributed by atoms with Crippen LogP contribution in [0.5, 0.6) is 0 Å². The lowest BCUT2D eigenvalue weighted by Gasteiger charge is -2.21. The lowest BCUT2D eigenvalue weighted by Crippen LogP contribution is -2.23. The Kier molecular flexibility index (Phi) is 4.75. The molecule has 1 aromatic rings. The van der Waals surface area contributed by atoms with Crippen molar-refractivity contribution in [2.75, 3.05) is 5.32 Å². The summed E-state index contributed by atoms with van der Waals surface area (Å²) in [6.07, 6.45) is 7.80. The summed E-state index contributed by atoms with van der Waals surface area (Å²) in [6.45, 7) is 3.98. The molecule has 1 saturated carbocycles. The molecular weight excluding hydrogens is 254 g/mol. The molecular formula is C15H23N3S. The Morgan fingerprint density at radius 2 is 1.89 bits per heavy atom. The predicted molar refractivity (Wildman–Crippen MR) is 84.7 cm³/mol. The van der Waals surface area contributed by atoms with Gasteiger partial charge in [-0.3, -0.25) is 4.98 Å². The maximum atomic E-state index is 5.85. The lowest BCUT2D eigenvalue weighted by molar-refractivity contribution is 0.619. The van der Waals surface area contributed by atoms with E-state index in [0.717, 1.165) is 22.6 Å². The molecule has 1 heterocycles. The number of hydrogen-bond acceptors (Lipinski definition) is 3. The van der Waals surface area contributed by atoms with Gasteiger partial charge in [-0.1, -0.05) is 37.9 Å². The Morgan fingerprint density at radius 1 is 1.26 bits per heavy atom. The molecule has 0 saturated heterocycles. The van der Waals surface area contributed by atoms with E-state index in [4.69, 9.17) is 18.0 Å². The van der Waals surface area contributed by atoms with Crippen molar-refractivity contribution in [1.82, 2.24) is 4.98 Å². The normalized spacial score (nSPS) is 16.9. The molecule has 0 spiro atoms. The second kappa shape index (κ2) is 6.33. The largest absolute Gasteiger partial charge is 0.389 e. The SMILES string of the molecule is Cc1cc(NC2CCCCCC2)c(C(N)=S)c(C)n1. The summed E-state index contributed by atoms with van der Waals surface area (Å²) < 4.78 is 0. The standard InChI is InChI=1S/C15H23N3S/c1-10-9-13(14(15(16)19)11(2)17-10)18-12-7-5-3-4-6-8-12/h9,12H,3-8H2,1-2H3,(H2,16,19)(H,17,18). The van der Waals surface area contributed by atoms with Gasteiger partial charge in [0.15, 0.2) is 0 Å². The molecule has 0 amide bonds. The summed E-state index contributed by atoms with van der Waals surface area (Å²) in [5, 5.41) is 3.64. The zero-order chi connectivity index (χ0) is 13.8. The predicted octanol–water partition coefficient (Wildman–Crippen LogP) is 3.47. The molecule has 4 heteroatoms. The number of pyridine rings is 1. The van der Waals surface area contributed by atoms with Crippen molar-refractivity contribution >= 4 is 22.9 Å². The number of hydrogen-bond donors (Lipinski definition) is 2. The minimum absolute atomic E-state index is 0.432. The Labute approximate surface area is 121 Å². The van der Waals surface area contributed by atoms with Gasteiger partial charge in [0.25, 0.3) is 0 Å². The molecule has 0 unspecified atom stereocenters. The van der Waals surface area contributed by atoms with Crippen LogP contribution in [0.25, 0.3) is 0 Å². The second-order valence-corrected chi connectivity index (χ2v) is 5.91. The van der Waals surface area contributed by atoms with E-state index < -0.39 is 0 Å². The molecule has 19 heavy (non-hydrogen) atoms. The van der Waals surface area contributed by atoms with Gasteiger partial charge in [-0.2, -0.15) is 0 Å². The minimum atomic E-state index is 0.432. The number of nitrogens with one attached hydrogen (secondary N) is 1. The van der Waals surface area contributed by atoms with Crippen LogP contribution < -0.4 is 11.1 Å². The first-order valence-corrected chi connectivity index (χ1v) is 7.53. The van der Waals surface area contributed by atoms with E-state index in [9.17, 15) is 0 Å². The topological polar surface area (TPSA) is 50.9 Å². The number of nitrogens with zero attached hydrogens (tertiary/aromatic N) is 1. The zero-order valence-corrected chi connectivity index (χ0v) is 12.6. The lowest BCUT2D eigenvalue weighted by atomic mass is 10.1. The summed E-state index contributed by atoms with van der Waals surface area (Å²) in [6, 6.07) is 2.60. The molecule has 2 rings (SSSR count). The average Bonchev–Trinajstić information content (AvgIpc) is 2.56. The van der Waals surface area contributed by atoms with E-state index >= 15 is 0 Å². The number of rotatable bonds is 3. The fourth-order valence-corrected chi connectivity index (χ4v) is 3.15. The van der Waals surface area contributed by atoms with Crippen molar-refractivity contribution < 1.29 is 0 Å². The quantitative estimate of drug-likeness (QED) is 0.656. The molecule has 3 nitrogen and oxygen atoms in total. The molecule has 1 aliphatic rings. The van der Waals surface area contributed by atoms with Gasteiger partial charge in [0.1, 0.15) is 4.99 Å².